The van der Waals surface area contributed by atoms with Gasteiger partial charge in [0.15, 0.2) is 11.5 Å². The number of fused-ring (bicyclic) bond motifs is 1. The summed E-state index contributed by atoms with van der Waals surface area (Å²) in [6.45, 7) is 4.51. The maximum absolute atomic E-state index is 6.22. The van der Waals surface area contributed by atoms with Crippen LogP contribution in [0.5, 0.6) is 11.5 Å². The standard InChI is InChI=1S/C16H17ClN2O2/c1-11-3-2-4-13(19-11)10-18-9-12-7-14(17)16-15(8-12)20-5-6-21-16/h2-4,7-8,18H,5-6,9-10H2,1H3. The largest absolute Gasteiger partial charge is 0.486 e. The summed E-state index contributed by atoms with van der Waals surface area (Å²) in [6, 6.07) is 9.89. The number of nitrogens with one attached hydrogen (secondary N) is 1. The van der Waals surface area contributed by atoms with Gasteiger partial charge in [0, 0.05) is 18.8 Å². The molecular formula is C16H17ClN2O2. The summed E-state index contributed by atoms with van der Waals surface area (Å²) in [7, 11) is 0. The lowest BCUT2D eigenvalue weighted by molar-refractivity contribution is 0.171. The molecule has 0 amide bonds. The van der Waals surface area contributed by atoms with Crippen LogP contribution in [-0.2, 0) is 13.1 Å². The molecule has 0 saturated heterocycles. The van der Waals surface area contributed by atoms with E-state index in [1.54, 1.807) is 0 Å². The van der Waals surface area contributed by atoms with Crippen LogP contribution in [0.3, 0.4) is 0 Å². The van der Waals surface area contributed by atoms with Gasteiger partial charge in [-0.3, -0.25) is 4.98 Å². The minimum Gasteiger partial charge on any atom is -0.486 e. The average molecular weight is 305 g/mol. The Morgan fingerprint density at radius 3 is 2.90 bits per heavy atom. The second-order valence-electron chi connectivity index (χ2n) is 4.98. The molecule has 0 fully saturated rings. The van der Waals surface area contributed by atoms with Crippen molar-refractivity contribution in [2.75, 3.05) is 13.2 Å². The molecule has 0 spiro atoms. The Bertz CT molecular complexity index is 646. The molecular weight excluding hydrogens is 288 g/mol. The van der Waals surface area contributed by atoms with Crippen LogP contribution in [0.4, 0.5) is 0 Å². The third-order valence-corrected chi connectivity index (χ3v) is 3.52. The van der Waals surface area contributed by atoms with Crippen molar-refractivity contribution >= 4 is 11.6 Å². The van der Waals surface area contributed by atoms with Gasteiger partial charge in [-0.05, 0) is 36.8 Å². The zero-order valence-electron chi connectivity index (χ0n) is 11.9. The van der Waals surface area contributed by atoms with Gasteiger partial charge in [0.2, 0.25) is 0 Å². The highest BCUT2D eigenvalue weighted by atomic mass is 35.5. The van der Waals surface area contributed by atoms with E-state index in [0.717, 1.165) is 22.7 Å². The molecule has 0 atom stereocenters. The summed E-state index contributed by atoms with van der Waals surface area (Å²) in [5.41, 5.74) is 3.12. The third kappa shape index (κ3) is 3.46. The summed E-state index contributed by atoms with van der Waals surface area (Å²) >= 11 is 6.22. The first-order valence-corrected chi connectivity index (χ1v) is 7.31. The van der Waals surface area contributed by atoms with Gasteiger partial charge in [0.05, 0.1) is 10.7 Å². The first-order chi connectivity index (χ1) is 10.2. The van der Waals surface area contributed by atoms with Gasteiger partial charge in [-0.25, -0.2) is 0 Å². The fraction of sp³-hybridized carbons (Fsp3) is 0.312. The van der Waals surface area contributed by atoms with E-state index in [4.69, 9.17) is 21.1 Å². The van der Waals surface area contributed by atoms with Crippen molar-refractivity contribution in [3.63, 3.8) is 0 Å². The average Bonchev–Trinajstić information content (AvgIpc) is 2.47. The molecule has 110 valence electrons. The molecule has 1 aromatic heterocycles. The number of benzene rings is 1. The highest BCUT2D eigenvalue weighted by Crippen LogP contribution is 2.38. The summed E-state index contributed by atoms with van der Waals surface area (Å²) in [5, 5.41) is 3.96. The Morgan fingerprint density at radius 1 is 1.19 bits per heavy atom. The number of halogens is 1. The van der Waals surface area contributed by atoms with Crippen LogP contribution in [0.1, 0.15) is 17.0 Å². The minimum atomic E-state index is 0.545. The van der Waals surface area contributed by atoms with Crippen LogP contribution in [0, 0.1) is 6.92 Å². The molecule has 21 heavy (non-hydrogen) atoms. The van der Waals surface area contributed by atoms with Crippen LogP contribution in [0.25, 0.3) is 0 Å². The molecule has 2 heterocycles. The fourth-order valence-corrected chi connectivity index (χ4v) is 2.59. The Balaban J connectivity index is 1.64. The number of ether oxygens (including phenoxy) is 2. The van der Waals surface area contributed by atoms with Gasteiger partial charge in [-0.2, -0.15) is 0 Å². The number of aryl methyl sites for hydroxylation is 1. The van der Waals surface area contributed by atoms with Gasteiger partial charge in [-0.15, -0.1) is 0 Å². The molecule has 2 aromatic rings. The van der Waals surface area contributed by atoms with Gasteiger partial charge in [0.25, 0.3) is 0 Å². The van der Waals surface area contributed by atoms with Crippen molar-refractivity contribution in [2.24, 2.45) is 0 Å². The van der Waals surface area contributed by atoms with E-state index in [0.29, 0.717) is 37.1 Å². The monoisotopic (exact) mass is 304 g/mol. The van der Waals surface area contributed by atoms with Gasteiger partial charge in [0.1, 0.15) is 13.2 Å². The molecule has 0 aliphatic carbocycles. The summed E-state index contributed by atoms with van der Waals surface area (Å²) in [4.78, 5) is 4.46. The van der Waals surface area contributed by atoms with Crippen LogP contribution >= 0.6 is 11.6 Å². The van der Waals surface area contributed by atoms with Crippen molar-refractivity contribution < 1.29 is 9.47 Å². The molecule has 4 nitrogen and oxygen atoms in total. The SMILES string of the molecule is Cc1cccc(CNCc2cc(Cl)c3c(c2)OCCO3)n1. The Hall–Kier alpha value is -1.78. The highest BCUT2D eigenvalue weighted by molar-refractivity contribution is 6.32. The van der Waals surface area contributed by atoms with Gasteiger partial charge >= 0.3 is 0 Å². The Kier molecular flexibility index (Phi) is 4.27. The summed E-state index contributed by atoms with van der Waals surface area (Å²) in [6.07, 6.45) is 0. The van der Waals surface area contributed by atoms with Crippen molar-refractivity contribution in [1.82, 2.24) is 10.3 Å². The van der Waals surface area contributed by atoms with Crippen LogP contribution in [-0.4, -0.2) is 18.2 Å². The lowest BCUT2D eigenvalue weighted by atomic mass is 10.2. The predicted octanol–water partition coefficient (Wildman–Crippen LogP) is 3.10. The highest BCUT2D eigenvalue weighted by Gasteiger charge is 2.16. The molecule has 0 unspecified atom stereocenters. The lowest BCUT2D eigenvalue weighted by Crippen LogP contribution is -2.17. The zero-order valence-corrected chi connectivity index (χ0v) is 12.6. The summed E-state index contributed by atoms with van der Waals surface area (Å²) < 4.78 is 11.1. The molecule has 1 aromatic carbocycles. The second kappa shape index (κ2) is 6.33. The van der Waals surface area contributed by atoms with E-state index in [9.17, 15) is 0 Å². The smallest absolute Gasteiger partial charge is 0.179 e. The first-order valence-electron chi connectivity index (χ1n) is 6.93. The van der Waals surface area contributed by atoms with Crippen LogP contribution in [0.2, 0.25) is 5.02 Å². The predicted molar refractivity (Wildman–Crippen MR) is 82.0 cm³/mol. The van der Waals surface area contributed by atoms with Crippen LogP contribution < -0.4 is 14.8 Å². The topological polar surface area (TPSA) is 43.4 Å². The number of pyridine rings is 1. The number of hydrogen-bond donors (Lipinski definition) is 1. The maximum Gasteiger partial charge on any atom is 0.179 e. The zero-order chi connectivity index (χ0) is 14.7. The van der Waals surface area contributed by atoms with Crippen molar-refractivity contribution in [3.05, 3.63) is 52.3 Å². The number of rotatable bonds is 4. The second-order valence-corrected chi connectivity index (χ2v) is 5.38. The lowest BCUT2D eigenvalue weighted by Gasteiger charge is -2.20. The fourth-order valence-electron chi connectivity index (χ4n) is 2.30. The number of aromatic nitrogens is 1. The quantitative estimate of drug-likeness (QED) is 0.942. The van der Waals surface area contributed by atoms with E-state index < -0.39 is 0 Å². The van der Waals surface area contributed by atoms with Gasteiger partial charge in [-0.1, -0.05) is 17.7 Å². The molecule has 1 aliphatic rings. The minimum absolute atomic E-state index is 0.545. The van der Waals surface area contributed by atoms with E-state index in [1.807, 2.05) is 37.3 Å². The van der Waals surface area contributed by atoms with Crippen molar-refractivity contribution in [1.29, 1.82) is 0 Å². The Labute approximate surface area is 129 Å². The number of nitrogens with zero attached hydrogens (tertiary/aromatic N) is 1. The molecule has 1 N–H and O–H groups in total. The molecule has 3 rings (SSSR count). The van der Waals surface area contributed by atoms with Crippen molar-refractivity contribution in [3.8, 4) is 11.5 Å². The maximum atomic E-state index is 6.22. The summed E-state index contributed by atoms with van der Waals surface area (Å²) in [5.74, 6) is 1.37. The van der Waals surface area contributed by atoms with Crippen LogP contribution in [0.15, 0.2) is 30.3 Å². The van der Waals surface area contributed by atoms with E-state index in [1.165, 1.54) is 0 Å². The van der Waals surface area contributed by atoms with E-state index >= 15 is 0 Å². The Morgan fingerprint density at radius 2 is 2.05 bits per heavy atom. The van der Waals surface area contributed by atoms with E-state index in [2.05, 4.69) is 10.3 Å². The first kappa shape index (κ1) is 14.2. The number of hydrogen-bond acceptors (Lipinski definition) is 4. The van der Waals surface area contributed by atoms with Crippen molar-refractivity contribution in [2.45, 2.75) is 20.0 Å². The molecule has 1 aliphatic heterocycles. The molecule has 5 heteroatoms. The van der Waals surface area contributed by atoms with Gasteiger partial charge < -0.3 is 14.8 Å². The third-order valence-electron chi connectivity index (χ3n) is 3.24. The molecule has 0 saturated carbocycles. The van der Waals surface area contributed by atoms with E-state index in [-0.39, 0.29) is 0 Å². The molecule has 0 radical (unpaired) electrons. The molecule has 0 bridgehead atoms. The normalized spacial score (nSPS) is 13.2.